The Hall–Kier alpha value is -3.60. The maximum atomic E-state index is 13.7. The van der Waals surface area contributed by atoms with E-state index >= 15 is 0 Å². The number of benzene rings is 4. The Labute approximate surface area is 204 Å². The summed E-state index contributed by atoms with van der Waals surface area (Å²) >= 11 is 12.6. The molecule has 0 atom stereocenters. The van der Waals surface area contributed by atoms with Crippen LogP contribution in [0.2, 0.25) is 10.0 Å². The van der Waals surface area contributed by atoms with E-state index < -0.39 is 0 Å². The van der Waals surface area contributed by atoms with Crippen molar-refractivity contribution < 1.29 is 0 Å². The summed E-state index contributed by atoms with van der Waals surface area (Å²) < 4.78 is 3.91. The molecule has 0 aliphatic carbocycles. The molecule has 6 heteroatoms. The van der Waals surface area contributed by atoms with Gasteiger partial charge in [-0.05, 0) is 48.0 Å². The maximum Gasteiger partial charge on any atom is 0.197 e. The summed E-state index contributed by atoms with van der Waals surface area (Å²) in [4.78, 5) is 27.2. The summed E-state index contributed by atoms with van der Waals surface area (Å²) in [6.45, 7) is 0. The van der Waals surface area contributed by atoms with Crippen molar-refractivity contribution in [2.45, 2.75) is 0 Å². The zero-order valence-electron chi connectivity index (χ0n) is 18.4. The van der Waals surface area contributed by atoms with E-state index in [1.807, 2.05) is 77.8 Å². The van der Waals surface area contributed by atoms with Gasteiger partial charge in [0.05, 0.1) is 22.1 Å². The van der Waals surface area contributed by atoms with Gasteiger partial charge in [0.2, 0.25) is 0 Å². The molecule has 0 bridgehead atoms. The third-order valence-electron chi connectivity index (χ3n) is 6.63. The smallest absolute Gasteiger partial charge is 0.197 e. The zero-order chi connectivity index (χ0) is 23.7. The lowest BCUT2D eigenvalue weighted by molar-refractivity contribution is 0.994. The standard InChI is InChI=1S/C28H18Cl2N2O2/c1-31-23-9-8-16(29)10-19(23)27(33)20-14-25-21(13-24(20)31)28(34)22-12-17(30)11-18(26(22)32(25)2)15-6-4-3-5-7-15/h3-14H,1-2H3. The highest BCUT2D eigenvalue weighted by Gasteiger charge is 2.18. The fourth-order valence-electron chi connectivity index (χ4n) is 4.99. The fraction of sp³-hybridized carbons (Fsp3) is 0.0714. The largest absolute Gasteiger partial charge is 0.343 e. The second-order valence-electron chi connectivity index (χ2n) is 8.54. The number of fused-ring (bicyclic) bond motifs is 4. The quantitative estimate of drug-likeness (QED) is 0.244. The van der Waals surface area contributed by atoms with Gasteiger partial charge in [0, 0.05) is 51.2 Å². The number of halogens is 2. The minimum Gasteiger partial charge on any atom is -0.343 e. The molecule has 0 amide bonds. The van der Waals surface area contributed by atoms with Crippen LogP contribution in [0, 0.1) is 0 Å². The van der Waals surface area contributed by atoms with Gasteiger partial charge in [-0.1, -0.05) is 53.5 Å². The molecule has 0 fully saturated rings. The Bertz CT molecular complexity index is 1940. The summed E-state index contributed by atoms with van der Waals surface area (Å²) in [6, 6.07) is 22.3. The number of rotatable bonds is 1. The third kappa shape index (κ3) is 2.92. The predicted molar refractivity (Wildman–Crippen MR) is 142 cm³/mol. The molecule has 0 aliphatic heterocycles. The van der Waals surface area contributed by atoms with Crippen LogP contribution in [-0.4, -0.2) is 9.13 Å². The molecule has 2 aromatic heterocycles. The van der Waals surface area contributed by atoms with Crippen molar-refractivity contribution in [1.82, 2.24) is 9.13 Å². The molecule has 0 unspecified atom stereocenters. The first-order chi connectivity index (χ1) is 16.3. The van der Waals surface area contributed by atoms with Crippen molar-refractivity contribution in [1.29, 1.82) is 0 Å². The number of aryl methyl sites for hydroxylation is 2. The van der Waals surface area contributed by atoms with Crippen LogP contribution < -0.4 is 10.9 Å². The van der Waals surface area contributed by atoms with E-state index in [1.165, 1.54) is 0 Å². The van der Waals surface area contributed by atoms with Crippen molar-refractivity contribution in [3.63, 3.8) is 0 Å². The molecule has 6 rings (SSSR count). The molecule has 0 saturated carbocycles. The first-order valence-electron chi connectivity index (χ1n) is 10.8. The van der Waals surface area contributed by atoms with E-state index in [1.54, 1.807) is 18.2 Å². The number of nitrogens with zero attached hydrogens (tertiary/aromatic N) is 2. The second-order valence-corrected chi connectivity index (χ2v) is 9.41. The molecule has 0 radical (unpaired) electrons. The maximum absolute atomic E-state index is 13.7. The zero-order valence-corrected chi connectivity index (χ0v) is 19.9. The van der Waals surface area contributed by atoms with E-state index in [-0.39, 0.29) is 10.9 Å². The lowest BCUT2D eigenvalue weighted by Crippen LogP contribution is -2.14. The average Bonchev–Trinajstić information content (AvgIpc) is 2.85. The molecule has 166 valence electrons. The number of hydrogen-bond acceptors (Lipinski definition) is 2. The van der Waals surface area contributed by atoms with Gasteiger partial charge < -0.3 is 9.13 Å². The van der Waals surface area contributed by atoms with Crippen LogP contribution in [0.5, 0.6) is 0 Å². The van der Waals surface area contributed by atoms with Crippen LogP contribution in [0.25, 0.3) is 54.7 Å². The third-order valence-corrected chi connectivity index (χ3v) is 7.08. The highest BCUT2D eigenvalue weighted by Crippen LogP contribution is 2.33. The molecule has 34 heavy (non-hydrogen) atoms. The SMILES string of the molecule is Cn1c2ccc(Cl)cc2c(=O)c2cc3c(cc21)c(=O)c1cc(Cl)cc(-c2ccccc2)c1n3C. The molecule has 4 aromatic carbocycles. The molecule has 0 N–H and O–H groups in total. The van der Waals surface area contributed by atoms with Crippen LogP contribution in [0.15, 0.2) is 82.4 Å². The molecule has 0 spiro atoms. The van der Waals surface area contributed by atoms with Gasteiger partial charge in [-0.25, -0.2) is 0 Å². The molecule has 6 aromatic rings. The van der Waals surface area contributed by atoms with E-state index in [9.17, 15) is 9.59 Å². The molecular formula is C28H18Cl2N2O2. The Kier molecular flexibility index (Phi) is 4.60. The van der Waals surface area contributed by atoms with Gasteiger partial charge in [0.1, 0.15) is 0 Å². The highest BCUT2D eigenvalue weighted by atomic mass is 35.5. The summed E-state index contributed by atoms with van der Waals surface area (Å²) in [5, 5.41) is 3.16. The Balaban J connectivity index is 1.84. The first-order valence-corrected chi connectivity index (χ1v) is 11.5. The Morgan fingerprint density at radius 2 is 1.18 bits per heavy atom. The average molecular weight is 485 g/mol. The normalized spacial score (nSPS) is 11.8. The van der Waals surface area contributed by atoms with Gasteiger partial charge >= 0.3 is 0 Å². The van der Waals surface area contributed by atoms with Gasteiger partial charge in [0.25, 0.3) is 0 Å². The van der Waals surface area contributed by atoms with E-state index in [0.717, 1.165) is 22.2 Å². The number of hydrogen-bond donors (Lipinski definition) is 0. The van der Waals surface area contributed by atoms with Crippen LogP contribution in [0.3, 0.4) is 0 Å². The highest BCUT2D eigenvalue weighted by molar-refractivity contribution is 6.32. The van der Waals surface area contributed by atoms with E-state index in [4.69, 9.17) is 23.2 Å². The Morgan fingerprint density at radius 3 is 1.88 bits per heavy atom. The predicted octanol–water partition coefficient (Wildman–Crippen LogP) is 6.67. The monoisotopic (exact) mass is 484 g/mol. The summed E-state index contributed by atoms with van der Waals surface area (Å²) in [5.41, 5.74) is 4.50. The van der Waals surface area contributed by atoms with Gasteiger partial charge in [0.15, 0.2) is 10.9 Å². The molecule has 0 saturated heterocycles. The van der Waals surface area contributed by atoms with Crippen LogP contribution >= 0.6 is 23.2 Å². The van der Waals surface area contributed by atoms with Crippen LogP contribution in [0.1, 0.15) is 0 Å². The second kappa shape index (κ2) is 7.45. The van der Waals surface area contributed by atoms with Crippen molar-refractivity contribution in [2.75, 3.05) is 0 Å². The summed E-state index contributed by atoms with van der Waals surface area (Å²) in [6.07, 6.45) is 0. The molecule has 2 heterocycles. The van der Waals surface area contributed by atoms with Crippen molar-refractivity contribution in [2.24, 2.45) is 14.1 Å². The Morgan fingerprint density at radius 1 is 0.588 bits per heavy atom. The fourth-order valence-corrected chi connectivity index (χ4v) is 5.38. The first kappa shape index (κ1) is 21.0. The summed E-state index contributed by atoms with van der Waals surface area (Å²) in [5.74, 6) is 0. The lowest BCUT2D eigenvalue weighted by atomic mass is 9.99. The van der Waals surface area contributed by atoms with Gasteiger partial charge in [-0.3, -0.25) is 9.59 Å². The minimum atomic E-state index is -0.117. The lowest BCUT2D eigenvalue weighted by Gasteiger charge is -2.17. The van der Waals surface area contributed by atoms with Crippen molar-refractivity contribution >= 4 is 66.8 Å². The molecular weight excluding hydrogens is 467 g/mol. The van der Waals surface area contributed by atoms with Crippen molar-refractivity contribution in [3.8, 4) is 11.1 Å². The van der Waals surface area contributed by atoms with E-state index in [0.29, 0.717) is 42.6 Å². The molecule has 0 aliphatic rings. The van der Waals surface area contributed by atoms with Crippen LogP contribution in [-0.2, 0) is 14.1 Å². The van der Waals surface area contributed by atoms with Crippen molar-refractivity contribution in [3.05, 3.63) is 103 Å². The van der Waals surface area contributed by atoms with Gasteiger partial charge in [-0.2, -0.15) is 0 Å². The topological polar surface area (TPSA) is 44.0 Å². The number of pyridine rings is 2. The number of aromatic nitrogens is 2. The molecule has 4 nitrogen and oxygen atoms in total. The van der Waals surface area contributed by atoms with Crippen LogP contribution in [0.4, 0.5) is 0 Å². The summed E-state index contributed by atoms with van der Waals surface area (Å²) in [7, 11) is 3.80. The van der Waals surface area contributed by atoms with Gasteiger partial charge in [-0.15, -0.1) is 0 Å². The minimum absolute atomic E-state index is 0.112. The van der Waals surface area contributed by atoms with E-state index in [2.05, 4.69) is 0 Å².